The maximum absolute atomic E-state index is 12.5. The predicted molar refractivity (Wildman–Crippen MR) is 79.5 cm³/mol. The Hall–Kier alpha value is -1.89. The molecular formula is C14H22N4O3. The molecule has 1 atom stereocenters. The molecule has 1 unspecified atom stereocenters. The van der Waals surface area contributed by atoms with Gasteiger partial charge in [0, 0.05) is 19.2 Å². The van der Waals surface area contributed by atoms with Crippen LogP contribution >= 0.6 is 0 Å². The van der Waals surface area contributed by atoms with E-state index < -0.39 is 11.2 Å². The molecule has 2 rings (SSSR count). The summed E-state index contributed by atoms with van der Waals surface area (Å²) in [6, 6.07) is 1.14. The van der Waals surface area contributed by atoms with Gasteiger partial charge in [0.05, 0.1) is 0 Å². The Morgan fingerprint density at radius 3 is 2.81 bits per heavy atom. The molecule has 2 heterocycles. The van der Waals surface area contributed by atoms with Crippen molar-refractivity contribution in [1.82, 2.24) is 20.2 Å². The number of rotatable bonds is 5. The topological polar surface area (TPSA) is 98.1 Å². The molecule has 0 saturated carbocycles. The summed E-state index contributed by atoms with van der Waals surface area (Å²) in [7, 11) is 0. The van der Waals surface area contributed by atoms with Crippen LogP contribution in [0.15, 0.2) is 15.7 Å². The van der Waals surface area contributed by atoms with E-state index in [0.717, 1.165) is 38.4 Å². The molecule has 7 nitrogen and oxygen atoms in total. The third-order valence-electron chi connectivity index (χ3n) is 3.65. The summed E-state index contributed by atoms with van der Waals surface area (Å²) in [5.74, 6) is 0.133. The first-order valence-corrected chi connectivity index (χ1v) is 7.43. The smallest absolute Gasteiger partial charge is 0.326 e. The van der Waals surface area contributed by atoms with E-state index in [2.05, 4.69) is 15.3 Å². The summed E-state index contributed by atoms with van der Waals surface area (Å²) < 4.78 is 0. The molecule has 1 amide bonds. The lowest BCUT2D eigenvalue weighted by Gasteiger charge is -2.30. The molecule has 1 aromatic rings. The molecule has 116 valence electrons. The maximum Gasteiger partial charge on any atom is 0.326 e. The zero-order chi connectivity index (χ0) is 15.2. The minimum absolute atomic E-state index is 0.0565. The molecule has 21 heavy (non-hydrogen) atoms. The molecular weight excluding hydrogens is 272 g/mol. The van der Waals surface area contributed by atoms with E-state index in [9.17, 15) is 14.4 Å². The average Bonchev–Trinajstić information content (AvgIpc) is 2.46. The average molecular weight is 294 g/mol. The van der Waals surface area contributed by atoms with E-state index in [1.807, 2.05) is 6.92 Å². The van der Waals surface area contributed by atoms with Crippen molar-refractivity contribution in [2.24, 2.45) is 5.92 Å². The quantitative estimate of drug-likeness (QED) is 0.707. The van der Waals surface area contributed by atoms with Crippen LogP contribution in [0.2, 0.25) is 0 Å². The van der Waals surface area contributed by atoms with Crippen LogP contribution in [0.1, 0.15) is 36.7 Å². The number of hydrogen-bond donors (Lipinski definition) is 3. The van der Waals surface area contributed by atoms with Gasteiger partial charge in [0.25, 0.3) is 11.5 Å². The lowest BCUT2D eigenvalue weighted by atomic mass is 9.99. The Labute approximate surface area is 122 Å². The number of nitrogens with one attached hydrogen (secondary N) is 3. The van der Waals surface area contributed by atoms with Crippen LogP contribution in [-0.4, -0.2) is 47.0 Å². The SMILES string of the molecule is CCCN(CC1CCCNC1)C(=O)c1cc(=O)[nH]c(=O)[nH]1. The molecule has 7 heteroatoms. The number of carbonyl (C=O) groups excluding carboxylic acids is 1. The van der Waals surface area contributed by atoms with E-state index in [0.29, 0.717) is 19.0 Å². The molecule has 0 radical (unpaired) electrons. The third kappa shape index (κ3) is 4.29. The van der Waals surface area contributed by atoms with Gasteiger partial charge in [0.15, 0.2) is 0 Å². The number of aromatic nitrogens is 2. The zero-order valence-corrected chi connectivity index (χ0v) is 12.3. The molecule has 0 spiro atoms. The van der Waals surface area contributed by atoms with Crippen molar-refractivity contribution in [2.75, 3.05) is 26.2 Å². The Morgan fingerprint density at radius 1 is 1.38 bits per heavy atom. The van der Waals surface area contributed by atoms with Crippen molar-refractivity contribution >= 4 is 5.91 Å². The highest BCUT2D eigenvalue weighted by Crippen LogP contribution is 2.13. The lowest BCUT2D eigenvalue weighted by molar-refractivity contribution is 0.0712. The maximum atomic E-state index is 12.5. The van der Waals surface area contributed by atoms with Gasteiger partial charge in [-0.25, -0.2) is 4.79 Å². The van der Waals surface area contributed by atoms with Crippen molar-refractivity contribution < 1.29 is 4.79 Å². The molecule has 0 aromatic carbocycles. The van der Waals surface area contributed by atoms with Gasteiger partial charge in [-0.15, -0.1) is 0 Å². The van der Waals surface area contributed by atoms with Gasteiger partial charge in [-0.1, -0.05) is 6.92 Å². The second-order valence-corrected chi connectivity index (χ2v) is 5.46. The first kappa shape index (κ1) is 15.5. The first-order valence-electron chi connectivity index (χ1n) is 7.43. The number of H-pyrrole nitrogens is 2. The summed E-state index contributed by atoms with van der Waals surface area (Å²) in [6.07, 6.45) is 3.03. The molecule has 1 aromatic heterocycles. The zero-order valence-electron chi connectivity index (χ0n) is 12.3. The van der Waals surface area contributed by atoms with Crippen LogP contribution in [0, 0.1) is 5.92 Å². The van der Waals surface area contributed by atoms with E-state index in [1.165, 1.54) is 0 Å². The van der Waals surface area contributed by atoms with Gasteiger partial charge < -0.3 is 15.2 Å². The summed E-state index contributed by atoms with van der Waals surface area (Å²) in [6.45, 7) is 5.19. The van der Waals surface area contributed by atoms with Gasteiger partial charge in [-0.05, 0) is 38.3 Å². The molecule has 1 aliphatic heterocycles. The predicted octanol–water partition coefficient (Wildman–Crippen LogP) is -0.0850. The van der Waals surface area contributed by atoms with Crippen molar-refractivity contribution in [3.8, 4) is 0 Å². The molecule has 3 N–H and O–H groups in total. The highest BCUT2D eigenvalue weighted by Gasteiger charge is 2.22. The number of carbonyl (C=O) groups is 1. The van der Waals surface area contributed by atoms with E-state index in [-0.39, 0.29) is 11.6 Å². The van der Waals surface area contributed by atoms with Gasteiger partial charge in [0.2, 0.25) is 0 Å². The number of piperidine rings is 1. The highest BCUT2D eigenvalue weighted by atomic mass is 16.2. The Bertz CT molecular complexity index is 558. The van der Waals surface area contributed by atoms with Gasteiger partial charge in [0.1, 0.15) is 5.69 Å². The fourth-order valence-corrected chi connectivity index (χ4v) is 2.69. The van der Waals surface area contributed by atoms with Crippen molar-refractivity contribution in [3.05, 3.63) is 32.6 Å². The third-order valence-corrected chi connectivity index (χ3v) is 3.65. The van der Waals surface area contributed by atoms with Gasteiger partial charge in [-0.3, -0.25) is 14.6 Å². The van der Waals surface area contributed by atoms with Crippen LogP contribution < -0.4 is 16.6 Å². The van der Waals surface area contributed by atoms with E-state index >= 15 is 0 Å². The summed E-state index contributed by atoms with van der Waals surface area (Å²) >= 11 is 0. The minimum atomic E-state index is -0.651. The number of amides is 1. The molecule has 1 aliphatic rings. The van der Waals surface area contributed by atoms with Crippen LogP contribution in [0.5, 0.6) is 0 Å². The van der Waals surface area contributed by atoms with E-state index in [4.69, 9.17) is 0 Å². The fourth-order valence-electron chi connectivity index (χ4n) is 2.69. The second kappa shape index (κ2) is 7.21. The van der Waals surface area contributed by atoms with Crippen LogP contribution in [0.3, 0.4) is 0 Å². The monoisotopic (exact) mass is 294 g/mol. The largest absolute Gasteiger partial charge is 0.337 e. The molecule has 1 saturated heterocycles. The van der Waals surface area contributed by atoms with E-state index in [1.54, 1.807) is 4.90 Å². The number of aromatic amines is 2. The van der Waals surface area contributed by atoms with Gasteiger partial charge >= 0.3 is 5.69 Å². The standard InChI is InChI=1S/C14H22N4O3/c1-2-6-18(9-10-4-3-5-15-8-10)13(20)11-7-12(19)17-14(21)16-11/h7,10,15H,2-6,8-9H2,1H3,(H2,16,17,19,21). The summed E-state index contributed by atoms with van der Waals surface area (Å²) in [5, 5.41) is 3.33. The van der Waals surface area contributed by atoms with Crippen molar-refractivity contribution in [2.45, 2.75) is 26.2 Å². The number of hydrogen-bond acceptors (Lipinski definition) is 4. The lowest BCUT2D eigenvalue weighted by Crippen LogP contribution is -2.42. The van der Waals surface area contributed by atoms with Crippen LogP contribution in [0.25, 0.3) is 0 Å². The minimum Gasteiger partial charge on any atom is -0.337 e. The Morgan fingerprint density at radius 2 is 2.19 bits per heavy atom. The molecule has 0 bridgehead atoms. The highest BCUT2D eigenvalue weighted by molar-refractivity contribution is 5.92. The number of nitrogens with zero attached hydrogens (tertiary/aromatic N) is 1. The van der Waals surface area contributed by atoms with Crippen LogP contribution in [-0.2, 0) is 0 Å². The first-order chi connectivity index (χ1) is 10.1. The molecule has 1 fully saturated rings. The van der Waals surface area contributed by atoms with Crippen molar-refractivity contribution in [3.63, 3.8) is 0 Å². The summed E-state index contributed by atoms with van der Waals surface area (Å²) in [5.41, 5.74) is -1.15. The Balaban J connectivity index is 2.13. The fraction of sp³-hybridized carbons (Fsp3) is 0.643. The molecule has 0 aliphatic carbocycles. The van der Waals surface area contributed by atoms with Gasteiger partial charge in [-0.2, -0.15) is 0 Å². The second-order valence-electron chi connectivity index (χ2n) is 5.46. The van der Waals surface area contributed by atoms with Crippen LogP contribution in [0.4, 0.5) is 0 Å². The van der Waals surface area contributed by atoms with Crippen molar-refractivity contribution in [1.29, 1.82) is 0 Å². The normalized spacial score (nSPS) is 18.4. The summed E-state index contributed by atoms with van der Waals surface area (Å²) in [4.78, 5) is 41.3. The Kier molecular flexibility index (Phi) is 5.32.